The molecule has 1 aliphatic heterocycles. The van der Waals surface area contributed by atoms with Crippen LogP contribution in [0, 0.1) is 13.8 Å². The Morgan fingerprint density at radius 3 is 2.53 bits per heavy atom. The molecule has 3 heterocycles. The highest BCUT2D eigenvalue weighted by molar-refractivity contribution is 14.0. The number of halogens is 1. The normalized spacial score (nSPS) is 15.1. The van der Waals surface area contributed by atoms with Crippen LogP contribution in [0.4, 0.5) is 0 Å². The van der Waals surface area contributed by atoms with Gasteiger partial charge >= 0.3 is 0 Å². The molecule has 0 unspecified atom stereocenters. The molecule has 0 bridgehead atoms. The SMILES string of the molecule is CCNC(=NCc1ccccc1-n1nc(C)cc1C)NC1CCN(Cc2ccccn2)CC1.I. The molecule has 182 valence electrons. The Labute approximate surface area is 220 Å². The van der Waals surface area contributed by atoms with Crippen molar-refractivity contribution in [3.05, 3.63) is 77.4 Å². The molecule has 1 saturated heterocycles. The van der Waals surface area contributed by atoms with Crippen molar-refractivity contribution in [2.24, 2.45) is 4.99 Å². The largest absolute Gasteiger partial charge is 0.357 e. The first-order valence-corrected chi connectivity index (χ1v) is 11.9. The zero-order valence-electron chi connectivity index (χ0n) is 20.4. The van der Waals surface area contributed by atoms with E-state index in [0.717, 1.165) is 73.3 Å². The Bertz CT molecular complexity index is 1060. The third-order valence-electron chi connectivity index (χ3n) is 6.02. The number of para-hydroxylation sites is 1. The number of nitrogens with one attached hydrogen (secondary N) is 2. The van der Waals surface area contributed by atoms with Crippen LogP contribution < -0.4 is 10.6 Å². The first-order valence-electron chi connectivity index (χ1n) is 11.9. The smallest absolute Gasteiger partial charge is 0.191 e. The third kappa shape index (κ3) is 7.02. The van der Waals surface area contributed by atoms with Crippen molar-refractivity contribution < 1.29 is 0 Å². The highest BCUT2D eigenvalue weighted by Gasteiger charge is 2.20. The monoisotopic (exact) mass is 573 g/mol. The van der Waals surface area contributed by atoms with E-state index in [4.69, 9.17) is 4.99 Å². The highest BCUT2D eigenvalue weighted by Crippen LogP contribution is 2.18. The lowest BCUT2D eigenvalue weighted by Gasteiger charge is -2.32. The number of aryl methyl sites for hydroxylation is 2. The van der Waals surface area contributed by atoms with Gasteiger partial charge in [0.1, 0.15) is 0 Å². The summed E-state index contributed by atoms with van der Waals surface area (Å²) < 4.78 is 2.01. The standard InChI is InChI=1S/C26H35N7.HI/c1-4-27-26(30-23-12-15-32(16-13-23)19-24-10-7-8-14-28-24)29-18-22-9-5-6-11-25(22)33-21(3)17-20(2)31-33;/h5-11,14,17,23H,4,12-13,15-16,18-19H2,1-3H3,(H2,27,29,30);1H. The molecule has 0 amide bonds. The molecule has 1 aromatic carbocycles. The molecule has 4 rings (SSSR count). The number of hydrogen-bond donors (Lipinski definition) is 2. The van der Waals surface area contributed by atoms with Gasteiger partial charge < -0.3 is 10.6 Å². The lowest BCUT2D eigenvalue weighted by atomic mass is 10.0. The summed E-state index contributed by atoms with van der Waals surface area (Å²) in [6.45, 7) is 10.7. The fourth-order valence-corrected chi connectivity index (χ4v) is 4.36. The van der Waals surface area contributed by atoms with Crippen LogP contribution in [-0.4, -0.2) is 51.3 Å². The van der Waals surface area contributed by atoms with E-state index in [0.29, 0.717) is 12.6 Å². The van der Waals surface area contributed by atoms with Gasteiger partial charge in [0, 0.05) is 44.1 Å². The zero-order valence-corrected chi connectivity index (χ0v) is 22.7. The molecule has 0 spiro atoms. The summed E-state index contributed by atoms with van der Waals surface area (Å²) >= 11 is 0. The maximum Gasteiger partial charge on any atom is 0.191 e. The minimum Gasteiger partial charge on any atom is -0.357 e. The lowest BCUT2D eigenvalue weighted by Crippen LogP contribution is -2.48. The number of rotatable bonds is 7. The number of aromatic nitrogens is 3. The number of likely N-dealkylation sites (tertiary alicyclic amines) is 1. The Kier molecular flexibility index (Phi) is 9.88. The Morgan fingerprint density at radius 2 is 1.85 bits per heavy atom. The summed E-state index contributed by atoms with van der Waals surface area (Å²) in [5.74, 6) is 0.879. The van der Waals surface area contributed by atoms with Crippen molar-refractivity contribution in [3.8, 4) is 5.69 Å². The summed E-state index contributed by atoms with van der Waals surface area (Å²) in [4.78, 5) is 11.9. The van der Waals surface area contributed by atoms with Crippen LogP contribution in [0.15, 0.2) is 59.7 Å². The summed E-state index contributed by atoms with van der Waals surface area (Å²) in [6, 6.07) is 17.0. The van der Waals surface area contributed by atoms with Crippen molar-refractivity contribution in [1.29, 1.82) is 0 Å². The summed E-state index contributed by atoms with van der Waals surface area (Å²) in [7, 11) is 0. The van der Waals surface area contributed by atoms with Crippen molar-refractivity contribution in [1.82, 2.24) is 30.3 Å². The van der Waals surface area contributed by atoms with Crippen molar-refractivity contribution in [3.63, 3.8) is 0 Å². The summed E-state index contributed by atoms with van der Waals surface area (Å²) in [5.41, 5.74) is 5.54. The average Bonchev–Trinajstić information content (AvgIpc) is 3.17. The minimum atomic E-state index is 0. The molecule has 2 N–H and O–H groups in total. The first kappa shape index (κ1) is 26.2. The molecular weight excluding hydrogens is 537 g/mol. The predicted molar refractivity (Wildman–Crippen MR) is 149 cm³/mol. The van der Waals surface area contributed by atoms with Gasteiger partial charge in [0.2, 0.25) is 0 Å². The van der Waals surface area contributed by atoms with Gasteiger partial charge in [-0.15, -0.1) is 24.0 Å². The minimum absolute atomic E-state index is 0. The van der Waals surface area contributed by atoms with Gasteiger partial charge in [0.25, 0.3) is 0 Å². The number of aliphatic imine (C=N–C) groups is 1. The molecule has 3 aromatic rings. The maximum absolute atomic E-state index is 4.92. The summed E-state index contributed by atoms with van der Waals surface area (Å²) in [6.07, 6.45) is 4.06. The van der Waals surface area contributed by atoms with Crippen LogP contribution in [-0.2, 0) is 13.1 Å². The van der Waals surface area contributed by atoms with Crippen LogP contribution in [0.5, 0.6) is 0 Å². The number of nitrogens with zero attached hydrogens (tertiary/aromatic N) is 5. The van der Waals surface area contributed by atoms with E-state index in [1.165, 1.54) is 0 Å². The number of piperidine rings is 1. The van der Waals surface area contributed by atoms with Crippen LogP contribution in [0.3, 0.4) is 0 Å². The number of benzene rings is 1. The van der Waals surface area contributed by atoms with E-state index in [2.05, 4.69) is 81.9 Å². The number of pyridine rings is 1. The van der Waals surface area contributed by atoms with Gasteiger partial charge in [0.05, 0.1) is 23.6 Å². The highest BCUT2D eigenvalue weighted by atomic mass is 127. The van der Waals surface area contributed by atoms with Crippen molar-refractivity contribution in [2.75, 3.05) is 19.6 Å². The number of hydrogen-bond acceptors (Lipinski definition) is 4. The molecule has 0 atom stereocenters. The van der Waals surface area contributed by atoms with E-state index in [9.17, 15) is 0 Å². The van der Waals surface area contributed by atoms with E-state index in [-0.39, 0.29) is 24.0 Å². The first-order chi connectivity index (χ1) is 16.1. The van der Waals surface area contributed by atoms with E-state index < -0.39 is 0 Å². The van der Waals surface area contributed by atoms with Crippen LogP contribution in [0.1, 0.15) is 42.4 Å². The van der Waals surface area contributed by atoms with Crippen molar-refractivity contribution in [2.45, 2.75) is 52.7 Å². The molecule has 7 nitrogen and oxygen atoms in total. The second kappa shape index (κ2) is 12.9. The Hall–Kier alpha value is -2.46. The molecule has 8 heteroatoms. The molecule has 0 aliphatic carbocycles. The van der Waals surface area contributed by atoms with Gasteiger partial charge in [-0.2, -0.15) is 5.10 Å². The third-order valence-corrected chi connectivity index (χ3v) is 6.02. The van der Waals surface area contributed by atoms with Crippen LogP contribution in [0.25, 0.3) is 5.69 Å². The fraction of sp³-hybridized carbons (Fsp3) is 0.423. The van der Waals surface area contributed by atoms with Gasteiger partial charge in [-0.1, -0.05) is 24.3 Å². The second-order valence-electron chi connectivity index (χ2n) is 8.68. The predicted octanol–water partition coefficient (Wildman–Crippen LogP) is 4.22. The van der Waals surface area contributed by atoms with Crippen molar-refractivity contribution >= 4 is 29.9 Å². The van der Waals surface area contributed by atoms with Gasteiger partial charge in [-0.3, -0.25) is 9.88 Å². The van der Waals surface area contributed by atoms with Gasteiger partial charge in [-0.05, 0) is 63.4 Å². The lowest BCUT2D eigenvalue weighted by molar-refractivity contribution is 0.196. The van der Waals surface area contributed by atoms with Crippen LogP contribution >= 0.6 is 24.0 Å². The maximum atomic E-state index is 4.92. The summed E-state index contributed by atoms with van der Waals surface area (Å²) in [5, 5.41) is 11.7. The molecule has 0 radical (unpaired) electrons. The molecule has 34 heavy (non-hydrogen) atoms. The van der Waals surface area contributed by atoms with E-state index in [1.54, 1.807) is 0 Å². The topological polar surface area (TPSA) is 70.4 Å². The molecule has 1 aliphatic rings. The average molecular weight is 574 g/mol. The quantitative estimate of drug-likeness (QED) is 0.252. The van der Waals surface area contributed by atoms with Gasteiger partial charge in [-0.25, -0.2) is 9.67 Å². The number of guanidine groups is 1. The molecule has 2 aromatic heterocycles. The van der Waals surface area contributed by atoms with Crippen LogP contribution in [0.2, 0.25) is 0 Å². The Morgan fingerprint density at radius 1 is 1.09 bits per heavy atom. The van der Waals surface area contributed by atoms with E-state index in [1.807, 2.05) is 23.9 Å². The van der Waals surface area contributed by atoms with Gasteiger partial charge in [0.15, 0.2) is 5.96 Å². The Balaban J connectivity index is 0.00000324. The molecule has 0 saturated carbocycles. The molecule has 1 fully saturated rings. The molecular formula is C26H36IN7. The zero-order chi connectivity index (χ0) is 23.0. The van der Waals surface area contributed by atoms with E-state index >= 15 is 0 Å². The fourth-order valence-electron chi connectivity index (χ4n) is 4.36. The second-order valence-corrected chi connectivity index (χ2v) is 8.68.